The van der Waals surface area contributed by atoms with Crippen LogP contribution in [0.2, 0.25) is 0 Å². The van der Waals surface area contributed by atoms with E-state index in [-0.39, 0.29) is 9.90 Å². The van der Waals surface area contributed by atoms with E-state index >= 15 is 0 Å². The molecular weight excluding hydrogens is 367 g/mol. The van der Waals surface area contributed by atoms with Crippen LogP contribution < -0.4 is 4.72 Å². The zero-order valence-corrected chi connectivity index (χ0v) is 14.1. The minimum Gasteiger partial charge on any atom is -0.478 e. The maximum Gasteiger partial charge on any atom is 0.338 e. The minimum atomic E-state index is -3.96. The van der Waals surface area contributed by atoms with E-state index in [2.05, 4.69) is 9.71 Å². The second-order valence-corrected chi connectivity index (χ2v) is 7.90. The van der Waals surface area contributed by atoms with Gasteiger partial charge in [0.25, 0.3) is 10.0 Å². The Morgan fingerprint density at radius 1 is 1.16 bits per heavy atom. The van der Waals surface area contributed by atoms with Crippen LogP contribution in [0.5, 0.6) is 0 Å². The third-order valence-electron chi connectivity index (χ3n) is 3.22. The van der Waals surface area contributed by atoms with E-state index in [0.717, 1.165) is 29.0 Å². The normalized spacial score (nSPS) is 11.2. The summed E-state index contributed by atoms with van der Waals surface area (Å²) >= 11 is 0.975. The first-order chi connectivity index (χ1) is 11.9. The molecule has 128 valence electrons. The molecule has 2 aromatic carbocycles. The molecule has 0 unspecified atom stereocenters. The summed E-state index contributed by atoms with van der Waals surface area (Å²) in [6, 6.07) is 12.1. The number of sulfonamides is 1. The van der Waals surface area contributed by atoms with Gasteiger partial charge < -0.3 is 5.11 Å². The molecule has 0 aliphatic rings. The summed E-state index contributed by atoms with van der Waals surface area (Å²) in [7, 11) is -3.96. The highest BCUT2D eigenvalue weighted by Crippen LogP contribution is 2.29. The number of nitrogens with zero attached hydrogens (tertiary/aromatic N) is 1. The smallest absolute Gasteiger partial charge is 0.338 e. The predicted molar refractivity (Wildman–Crippen MR) is 91.7 cm³/mol. The summed E-state index contributed by atoms with van der Waals surface area (Å²) in [5.74, 6) is -2.45. The second-order valence-electron chi connectivity index (χ2n) is 4.96. The number of benzene rings is 2. The summed E-state index contributed by atoms with van der Waals surface area (Å²) in [6.07, 6.45) is 1.22. The number of aromatic carboxylic acids is 1. The van der Waals surface area contributed by atoms with Gasteiger partial charge in [-0.3, -0.25) is 4.72 Å². The fourth-order valence-corrected chi connectivity index (χ4v) is 4.24. The van der Waals surface area contributed by atoms with Gasteiger partial charge in [0.1, 0.15) is 10.8 Å². The number of hydrogen-bond acceptors (Lipinski definition) is 5. The molecular formula is C16H11FN2O4S2. The summed E-state index contributed by atoms with van der Waals surface area (Å²) in [6.45, 7) is 0. The van der Waals surface area contributed by atoms with Crippen molar-refractivity contribution >= 4 is 33.0 Å². The van der Waals surface area contributed by atoms with Crippen LogP contribution in [0.25, 0.3) is 10.6 Å². The van der Waals surface area contributed by atoms with Crippen molar-refractivity contribution in [3.63, 3.8) is 0 Å². The molecule has 0 saturated carbocycles. The van der Waals surface area contributed by atoms with Crippen molar-refractivity contribution in [2.45, 2.75) is 4.21 Å². The fourth-order valence-electron chi connectivity index (χ4n) is 2.06. The van der Waals surface area contributed by atoms with Crippen LogP contribution in [0, 0.1) is 5.82 Å². The number of halogens is 1. The van der Waals surface area contributed by atoms with Crippen molar-refractivity contribution in [3.8, 4) is 10.6 Å². The molecule has 0 fully saturated rings. The van der Waals surface area contributed by atoms with Crippen molar-refractivity contribution in [1.82, 2.24) is 4.98 Å². The maximum atomic E-state index is 13.7. The molecule has 0 atom stereocenters. The van der Waals surface area contributed by atoms with Gasteiger partial charge in [-0.25, -0.2) is 22.6 Å². The highest BCUT2D eigenvalue weighted by molar-refractivity contribution is 7.94. The lowest BCUT2D eigenvalue weighted by atomic mass is 10.2. The molecule has 1 aromatic heterocycles. The van der Waals surface area contributed by atoms with Gasteiger partial charge in [0.05, 0.1) is 17.4 Å². The van der Waals surface area contributed by atoms with Crippen LogP contribution >= 0.6 is 11.3 Å². The third-order valence-corrected chi connectivity index (χ3v) is 6.11. The van der Waals surface area contributed by atoms with Crippen LogP contribution in [-0.2, 0) is 10.0 Å². The van der Waals surface area contributed by atoms with E-state index in [4.69, 9.17) is 5.11 Å². The Hall–Kier alpha value is -2.78. The number of aromatic nitrogens is 1. The lowest BCUT2D eigenvalue weighted by Gasteiger charge is -2.07. The Morgan fingerprint density at radius 3 is 2.52 bits per heavy atom. The van der Waals surface area contributed by atoms with Crippen LogP contribution in [0.3, 0.4) is 0 Å². The number of carbonyl (C=O) groups is 1. The van der Waals surface area contributed by atoms with Crippen molar-refractivity contribution < 1.29 is 22.7 Å². The fraction of sp³-hybridized carbons (Fsp3) is 0. The van der Waals surface area contributed by atoms with E-state index in [9.17, 15) is 17.6 Å². The van der Waals surface area contributed by atoms with Gasteiger partial charge in [-0.1, -0.05) is 30.3 Å². The van der Waals surface area contributed by atoms with E-state index in [1.54, 1.807) is 0 Å². The number of anilines is 1. The zero-order valence-electron chi connectivity index (χ0n) is 12.5. The first kappa shape index (κ1) is 17.1. The molecule has 0 spiro atoms. The molecule has 0 bridgehead atoms. The van der Waals surface area contributed by atoms with Gasteiger partial charge in [-0.05, 0) is 18.2 Å². The Labute approximate surface area is 146 Å². The highest BCUT2D eigenvalue weighted by atomic mass is 32.2. The van der Waals surface area contributed by atoms with Gasteiger partial charge in [0.2, 0.25) is 0 Å². The van der Waals surface area contributed by atoms with E-state index in [0.29, 0.717) is 5.01 Å². The Balaban J connectivity index is 1.87. The van der Waals surface area contributed by atoms with Crippen molar-refractivity contribution in [2.75, 3.05) is 4.72 Å². The van der Waals surface area contributed by atoms with Crippen LogP contribution in [0.4, 0.5) is 10.1 Å². The van der Waals surface area contributed by atoms with Gasteiger partial charge in [-0.2, -0.15) is 0 Å². The number of nitrogens with one attached hydrogen (secondary N) is 1. The number of rotatable bonds is 5. The topological polar surface area (TPSA) is 96.4 Å². The maximum absolute atomic E-state index is 13.7. The van der Waals surface area contributed by atoms with Crippen molar-refractivity contribution in [3.05, 3.63) is 66.1 Å². The molecule has 9 heteroatoms. The average molecular weight is 378 g/mol. The molecule has 0 aliphatic carbocycles. The highest BCUT2D eigenvalue weighted by Gasteiger charge is 2.20. The molecule has 0 amide bonds. The van der Waals surface area contributed by atoms with Crippen LogP contribution in [-0.4, -0.2) is 24.5 Å². The third kappa shape index (κ3) is 3.67. The van der Waals surface area contributed by atoms with Crippen molar-refractivity contribution in [1.29, 1.82) is 0 Å². The molecule has 1 heterocycles. The molecule has 3 rings (SSSR count). The molecule has 0 saturated heterocycles. The quantitative estimate of drug-likeness (QED) is 0.709. The van der Waals surface area contributed by atoms with Gasteiger partial charge in [-0.15, -0.1) is 11.3 Å². The Kier molecular flexibility index (Phi) is 4.51. The Morgan fingerprint density at radius 2 is 1.88 bits per heavy atom. The molecule has 25 heavy (non-hydrogen) atoms. The molecule has 6 nitrogen and oxygen atoms in total. The number of hydrogen-bond donors (Lipinski definition) is 2. The monoisotopic (exact) mass is 378 g/mol. The van der Waals surface area contributed by atoms with Gasteiger partial charge >= 0.3 is 5.97 Å². The standard InChI is InChI=1S/C16H11FN2O4S2/c17-13-8-11(6-7-12(13)16(20)21)19-25(22,23)14-9-18-15(24-14)10-4-2-1-3-5-10/h1-9,19H,(H,20,21). The predicted octanol–water partition coefficient (Wildman–Crippen LogP) is 3.45. The summed E-state index contributed by atoms with van der Waals surface area (Å²) in [5.41, 5.74) is 0.176. The molecule has 0 aliphatic heterocycles. The minimum absolute atomic E-state index is 0.0333. The van der Waals surface area contributed by atoms with Crippen molar-refractivity contribution in [2.24, 2.45) is 0 Å². The first-order valence-corrected chi connectivity index (χ1v) is 9.24. The first-order valence-electron chi connectivity index (χ1n) is 6.94. The van der Waals surface area contributed by atoms with E-state index in [1.165, 1.54) is 12.3 Å². The molecule has 0 radical (unpaired) electrons. The SMILES string of the molecule is O=C(O)c1ccc(NS(=O)(=O)c2cnc(-c3ccccc3)s2)cc1F. The van der Waals surface area contributed by atoms with Gasteiger partial charge in [0, 0.05) is 5.56 Å². The van der Waals surface area contributed by atoms with Crippen LogP contribution in [0.15, 0.2) is 58.9 Å². The molecule has 3 aromatic rings. The van der Waals surface area contributed by atoms with E-state index in [1.807, 2.05) is 30.3 Å². The Bertz CT molecular complexity index is 1030. The lowest BCUT2D eigenvalue weighted by Crippen LogP contribution is -2.12. The number of thiazole rings is 1. The van der Waals surface area contributed by atoms with Crippen LogP contribution in [0.1, 0.15) is 10.4 Å². The second kappa shape index (κ2) is 6.61. The molecule has 2 N–H and O–H groups in total. The largest absolute Gasteiger partial charge is 0.478 e. The summed E-state index contributed by atoms with van der Waals surface area (Å²) in [4.78, 5) is 14.9. The summed E-state index contributed by atoms with van der Waals surface area (Å²) < 4.78 is 40.7. The number of carboxylic acids is 1. The zero-order chi connectivity index (χ0) is 18.0. The lowest BCUT2D eigenvalue weighted by molar-refractivity contribution is 0.0692. The number of carboxylic acid groups (broad SMARTS) is 1. The van der Waals surface area contributed by atoms with Gasteiger partial charge in [0.15, 0.2) is 4.21 Å². The summed E-state index contributed by atoms with van der Waals surface area (Å²) in [5, 5.41) is 9.33. The van der Waals surface area contributed by atoms with E-state index < -0.39 is 27.4 Å². The average Bonchev–Trinajstić information content (AvgIpc) is 3.06.